The topological polar surface area (TPSA) is 140 Å². The zero-order chi connectivity index (χ0) is 35.6. The summed E-state index contributed by atoms with van der Waals surface area (Å²) in [6, 6.07) is 12.7. The van der Waals surface area contributed by atoms with Gasteiger partial charge in [-0.1, -0.05) is 27.7 Å². The molecule has 2 aromatic carbocycles. The summed E-state index contributed by atoms with van der Waals surface area (Å²) < 4.78 is 38.6. The number of nitrogens with one attached hydrogen (secondary N) is 5. The van der Waals surface area contributed by atoms with Gasteiger partial charge in [0.05, 0.1) is 65.0 Å². The van der Waals surface area contributed by atoms with Gasteiger partial charge in [0.2, 0.25) is 5.91 Å². The highest BCUT2D eigenvalue weighted by Crippen LogP contribution is 2.44. The van der Waals surface area contributed by atoms with Crippen LogP contribution in [-0.2, 0) is 20.8 Å². The van der Waals surface area contributed by atoms with Crippen molar-refractivity contribution in [1.82, 2.24) is 25.7 Å². The number of hydrogen-bond acceptors (Lipinski definition) is 10. The molecule has 0 bridgehead atoms. The van der Waals surface area contributed by atoms with E-state index in [9.17, 15) is 14.0 Å². The number of ether oxygens (including phenoxy) is 4. The second-order valence-electron chi connectivity index (χ2n) is 12.2. The van der Waals surface area contributed by atoms with Crippen molar-refractivity contribution in [3.8, 4) is 22.8 Å². The number of anilines is 2. The number of urea groups is 1. The van der Waals surface area contributed by atoms with E-state index in [-0.39, 0.29) is 29.8 Å². The van der Waals surface area contributed by atoms with Crippen molar-refractivity contribution in [1.29, 1.82) is 0 Å². The number of fused-ring (bicyclic) bond motifs is 4. The summed E-state index contributed by atoms with van der Waals surface area (Å²) in [4.78, 5) is 23.7. The molecule has 6 rings (SSSR count). The molecular weight excluding hydrogens is 716 g/mol. The molecule has 5 N–H and O–H groups in total. The largest absolute Gasteiger partial charge is 0.493 e. The van der Waals surface area contributed by atoms with Crippen LogP contribution in [0.2, 0.25) is 0 Å². The maximum absolute atomic E-state index is 14.0. The number of carbonyl (C=O) groups excluding carboxylic acids is 2. The highest BCUT2D eigenvalue weighted by molar-refractivity contribution is 8.76. The zero-order valence-electron chi connectivity index (χ0n) is 28.8. The molecule has 2 aromatic rings. The molecule has 0 saturated carbocycles. The number of H-pyrrole nitrogens is 1. The first kappa shape index (κ1) is 37.3. The number of methoxy groups -OCH3 is 2. The maximum Gasteiger partial charge on any atom is 0.315 e. The Morgan fingerprint density at radius 2 is 1.82 bits per heavy atom. The molecule has 2 saturated heterocycles. The monoisotopic (exact) mass is 760 g/mol. The number of aromatic nitrogens is 2. The first-order chi connectivity index (χ1) is 24.9. The third-order valence-electron chi connectivity index (χ3n) is 8.82. The predicted octanol–water partition coefficient (Wildman–Crippen LogP) is 5.84. The molecule has 1 aliphatic carbocycles. The van der Waals surface area contributed by atoms with Crippen LogP contribution < -0.4 is 30.7 Å². The lowest BCUT2D eigenvalue weighted by atomic mass is 10.0. The Bertz CT molecular complexity index is 1740. The van der Waals surface area contributed by atoms with Gasteiger partial charge in [0, 0.05) is 52.1 Å². The summed E-state index contributed by atoms with van der Waals surface area (Å²) in [5.41, 5.74) is 2.53. The van der Waals surface area contributed by atoms with Crippen molar-refractivity contribution < 1.29 is 32.9 Å². The Kier molecular flexibility index (Phi) is 13.4. The third kappa shape index (κ3) is 9.71. The van der Waals surface area contributed by atoms with Gasteiger partial charge in [-0.15, -0.1) is 0 Å². The number of nitrogens with zero attached hydrogens (tertiary/aromatic N) is 1. The second-order valence-corrected chi connectivity index (χ2v) is 16.2. The number of benzene rings is 2. The van der Waals surface area contributed by atoms with Crippen LogP contribution >= 0.6 is 33.3 Å². The van der Waals surface area contributed by atoms with E-state index in [0.717, 1.165) is 57.9 Å². The van der Waals surface area contributed by atoms with Crippen LogP contribution in [-0.4, -0.2) is 104 Å². The molecule has 3 atom stereocenters. The van der Waals surface area contributed by atoms with Crippen LogP contribution in [0, 0.1) is 5.82 Å². The van der Waals surface area contributed by atoms with Crippen LogP contribution in [0.15, 0.2) is 42.5 Å². The average molecular weight is 761 g/mol. The minimum Gasteiger partial charge on any atom is -0.493 e. The van der Waals surface area contributed by atoms with E-state index >= 15 is 0 Å². The lowest BCUT2D eigenvalue weighted by molar-refractivity contribution is -0.121. The first-order valence-corrected chi connectivity index (χ1v) is 20.6. The number of thioether (sulfide) groups is 1. The number of carbonyl (C=O) groups is 2. The maximum atomic E-state index is 14.0. The molecule has 16 heteroatoms. The summed E-state index contributed by atoms with van der Waals surface area (Å²) in [5.74, 6) is 4.48. The van der Waals surface area contributed by atoms with E-state index < -0.39 is 0 Å². The normalized spacial score (nSPS) is 18.2. The summed E-state index contributed by atoms with van der Waals surface area (Å²) >= 11 is 1.88. The average Bonchev–Trinajstić information content (AvgIpc) is 3.87. The van der Waals surface area contributed by atoms with Gasteiger partial charge in [-0.2, -0.15) is 11.8 Å². The molecule has 3 amide bonds. The third-order valence-corrected chi connectivity index (χ3v) is 12.7. The van der Waals surface area contributed by atoms with Gasteiger partial charge in [0.25, 0.3) is 0 Å². The van der Waals surface area contributed by atoms with Gasteiger partial charge >= 0.3 is 6.03 Å². The molecule has 0 aromatic heterocycles. The van der Waals surface area contributed by atoms with Crippen molar-refractivity contribution in [2.45, 2.75) is 43.1 Å². The van der Waals surface area contributed by atoms with E-state index in [1.807, 2.05) is 34.6 Å². The standard InChI is InChI=1S/C35H45FN6O6S3/c1-45-28-18-22-17-26-32(25(22)20-29(28)46-2)41-42(34(26)38-24-6-3-5-23(36)19-24)10-11-47-12-13-48-14-16-51-50-15-9-37-31(43)8-4-7-30-33-27(21-49-30)39-35(44)40-33/h3,5-6,17-20,27,30,33,38,41H,4,7-16,21H2,1-2H3,(H,37,43)(H2,39,40,44). The van der Waals surface area contributed by atoms with Crippen LogP contribution in [0.5, 0.6) is 11.5 Å². The fraction of sp³-hybridized carbons (Fsp3) is 0.486. The Hall–Kier alpha value is -3.44. The minimum absolute atomic E-state index is 0.0744. The van der Waals surface area contributed by atoms with E-state index in [4.69, 9.17) is 18.9 Å². The van der Waals surface area contributed by atoms with Gasteiger partial charge in [-0.3, -0.25) is 14.6 Å². The SMILES string of the molecule is COc1cc2cc3c(Nc4cccc(F)c4)n(CCOCCOCCSSCCNC(=O)CCCC4SCC5NC(=O)NC54)[nH]c-3c2cc1OC. The van der Waals surface area contributed by atoms with Gasteiger partial charge < -0.3 is 40.2 Å². The number of rotatable bonds is 21. The molecule has 0 radical (unpaired) electrons. The molecule has 12 nitrogen and oxygen atoms in total. The van der Waals surface area contributed by atoms with Crippen molar-refractivity contribution in [3.05, 3.63) is 48.3 Å². The molecule has 2 fully saturated rings. The van der Waals surface area contributed by atoms with Crippen molar-refractivity contribution in [3.63, 3.8) is 0 Å². The molecule has 0 spiro atoms. The molecule has 51 heavy (non-hydrogen) atoms. The Morgan fingerprint density at radius 1 is 1.02 bits per heavy atom. The van der Waals surface area contributed by atoms with Crippen LogP contribution in [0.3, 0.4) is 0 Å². The lowest BCUT2D eigenvalue weighted by Crippen LogP contribution is -2.37. The summed E-state index contributed by atoms with van der Waals surface area (Å²) in [6.45, 7) is 3.22. The van der Waals surface area contributed by atoms with E-state index in [1.165, 1.54) is 12.1 Å². The molecule has 3 unspecified atom stereocenters. The van der Waals surface area contributed by atoms with Crippen molar-refractivity contribution >= 4 is 67.6 Å². The van der Waals surface area contributed by atoms with E-state index in [1.54, 1.807) is 41.9 Å². The minimum atomic E-state index is -0.315. The van der Waals surface area contributed by atoms with Gasteiger partial charge in [0.1, 0.15) is 11.6 Å². The zero-order valence-corrected chi connectivity index (χ0v) is 31.2. The highest BCUT2D eigenvalue weighted by atomic mass is 33.1. The molecule has 3 aliphatic heterocycles. The molecular formula is C35H45FN6O6S3. The van der Waals surface area contributed by atoms with Crippen LogP contribution in [0.4, 0.5) is 20.7 Å². The Labute approximate surface area is 309 Å². The second kappa shape index (κ2) is 18.4. The fourth-order valence-electron chi connectivity index (χ4n) is 6.37. The van der Waals surface area contributed by atoms with Gasteiger partial charge in [-0.05, 0) is 54.6 Å². The van der Waals surface area contributed by atoms with Gasteiger partial charge in [-0.25, -0.2) is 9.18 Å². The number of aromatic amines is 1. The summed E-state index contributed by atoms with van der Waals surface area (Å²) in [5, 5.41) is 18.2. The molecule has 276 valence electrons. The number of amides is 3. The number of halogens is 1. The smallest absolute Gasteiger partial charge is 0.315 e. The van der Waals surface area contributed by atoms with Gasteiger partial charge in [0.15, 0.2) is 11.5 Å². The predicted molar refractivity (Wildman–Crippen MR) is 205 cm³/mol. The lowest BCUT2D eigenvalue weighted by Gasteiger charge is -2.16. The van der Waals surface area contributed by atoms with E-state index in [0.29, 0.717) is 68.4 Å². The quantitative estimate of drug-likeness (QED) is 0.0400. The van der Waals surface area contributed by atoms with Crippen LogP contribution in [0.1, 0.15) is 19.3 Å². The Morgan fingerprint density at radius 3 is 2.65 bits per heavy atom. The molecule has 4 aliphatic rings. The summed E-state index contributed by atoms with van der Waals surface area (Å²) in [7, 11) is 6.68. The Balaban J connectivity index is 0.849. The summed E-state index contributed by atoms with van der Waals surface area (Å²) in [6.07, 6.45) is 2.27. The first-order valence-electron chi connectivity index (χ1n) is 17.1. The highest BCUT2D eigenvalue weighted by Gasteiger charge is 2.42. The fourth-order valence-corrected chi connectivity index (χ4v) is 9.68. The van der Waals surface area contributed by atoms with Crippen molar-refractivity contribution in [2.75, 3.05) is 69.8 Å². The number of hydrogen-bond donors (Lipinski definition) is 5. The van der Waals surface area contributed by atoms with E-state index in [2.05, 4.69) is 32.4 Å². The molecule has 3 heterocycles. The van der Waals surface area contributed by atoms with Crippen molar-refractivity contribution in [2.24, 2.45) is 0 Å². The van der Waals surface area contributed by atoms with Crippen LogP contribution in [0.25, 0.3) is 22.0 Å².